The zero-order valence-corrected chi connectivity index (χ0v) is 16.7. The molecule has 2 aromatic heterocycles. The van der Waals surface area contributed by atoms with E-state index < -0.39 is 0 Å². The zero-order chi connectivity index (χ0) is 19.8. The van der Waals surface area contributed by atoms with E-state index in [0.29, 0.717) is 16.9 Å². The number of rotatable bonds is 3. The van der Waals surface area contributed by atoms with Crippen molar-refractivity contribution in [3.05, 3.63) is 69.8 Å². The van der Waals surface area contributed by atoms with Crippen molar-refractivity contribution in [2.75, 3.05) is 0 Å². The van der Waals surface area contributed by atoms with Crippen molar-refractivity contribution in [1.29, 1.82) is 0 Å². The van der Waals surface area contributed by atoms with Gasteiger partial charge in [-0.15, -0.1) is 0 Å². The molecule has 0 atom stereocenters. The minimum atomic E-state index is -0.142. The monoisotopic (exact) mass is 377 g/mol. The molecule has 1 N–H and O–H groups in total. The van der Waals surface area contributed by atoms with E-state index in [0.717, 1.165) is 36.8 Å². The van der Waals surface area contributed by atoms with Gasteiger partial charge in [-0.3, -0.25) is 9.59 Å². The molecule has 1 amide bonds. The van der Waals surface area contributed by atoms with E-state index in [1.807, 2.05) is 30.8 Å². The van der Waals surface area contributed by atoms with Crippen LogP contribution in [-0.4, -0.2) is 21.1 Å². The second-order valence-electron chi connectivity index (χ2n) is 8.04. The van der Waals surface area contributed by atoms with Gasteiger partial charge in [0.1, 0.15) is 0 Å². The Balaban J connectivity index is 1.52. The first kappa shape index (κ1) is 18.5. The summed E-state index contributed by atoms with van der Waals surface area (Å²) in [5.41, 5.74) is 3.56. The van der Waals surface area contributed by atoms with Crippen LogP contribution in [0.2, 0.25) is 0 Å². The molecule has 146 valence electrons. The van der Waals surface area contributed by atoms with Crippen molar-refractivity contribution in [2.24, 2.45) is 14.1 Å². The normalized spacial score (nSPS) is 19.7. The van der Waals surface area contributed by atoms with Crippen molar-refractivity contribution < 1.29 is 4.79 Å². The Labute approximate surface area is 165 Å². The lowest BCUT2D eigenvalue weighted by molar-refractivity contribution is 0.0927. The quantitative estimate of drug-likeness (QED) is 0.758. The number of aromatic nitrogens is 2. The number of carbonyl (C=O) groups is 1. The van der Waals surface area contributed by atoms with Gasteiger partial charge in [0.05, 0.1) is 16.5 Å². The maximum absolute atomic E-state index is 13.0. The molecule has 0 bridgehead atoms. The predicted octanol–water partition coefficient (Wildman–Crippen LogP) is 3.64. The molecule has 28 heavy (non-hydrogen) atoms. The first-order valence-electron chi connectivity index (χ1n) is 9.96. The molecule has 5 heteroatoms. The van der Waals surface area contributed by atoms with Gasteiger partial charge in [0.2, 0.25) is 0 Å². The Bertz CT molecular complexity index is 1070. The van der Waals surface area contributed by atoms with Gasteiger partial charge in [0.15, 0.2) is 0 Å². The van der Waals surface area contributed by atoms with Crippen LogP contribution in [0.3, 0.4) is 0 Å². The van der Waals surface area contributed by atoms with Crippen LogP contribution in [0.5, 0.6) is 0 Å². The molecule has 0 unspecified atom stereocenters. The number of hydrogen-bond donors (Lipinski definition) is 1. The van der Waals surface area contributed by atoms with Gasteiger partial charge in [-0.2, -0.15) is 0 Å². The molecular formula is C23H27N3O2. The topological polar surface area (TPSA) is 56.0 Å². The van der Waals surface area contributed by atoms with Crippen LogP contribution >= 0.6 is 0 Å². The minimum absolute atomic E-state index is 0.126. The van der Waals surface area contributed by atoms with Gasteiger partial charge in [0.25, 0.3) is 11.5 Å². The van der Waals surface area contributed by atoms with Crippen LogP contribution in [-0.2, 0) is 14.1 Å². The highest BCUT2D eigenvalue weighted by Crippen LogP contribution is 2.33. The third-order valence-electron chi connectivity index (χ3n) is 6.05. The molecule has 1 aliphatic carbocycles. The molecule has 1 aromatic carbocycles. The molecule has 1 saturated carbocycles. The van der Waals surface area contributed by atoms with Gasteiger partial charge < -0.3 is 14.5 Å². The average Bonchev–Trinajstić information content (AvgIpc) is 3.05. The molecular weight excluding hydrogens is 350 g/mol. The van der Waals surface area contributed by atoms with Crippen molar-refractivity contribution in [3.63, 3.8) is 0 Å². The molecule has 0 spiro atoms. The van der Waals surface area contributed by atoms with Gasteiger partial charge in [-0.25, -0.2) is 0 Å². The number of nitrogens with zero attached hydrogens (tertiary/aromatic N) is 2. The standard InChI is InChI=1S/C23H27N3O2/c1-15-13-26(3)23(28)20-19(14-25(2)21(15)20)22(27)24-18-11-9-17(10-12-18)16-7-5-4-6-8-16/h4-8,13-14,17-18H,9-12H2,1-3H3,(H,24,27). The summed E-state index contributed by atoms with van der Waals surface area (Å²) in [5.74, 6) is 0.429. The van der Waals surface area contributed by atoms with E-state index in [9.17, 15) is 9.59 Å². The van der Waals surface area contributed by atoms with E-state index in [1.165, 1.54) is 5.56 Å². The lowest BCUT2D eigenvalue weighted by atomic mass is 9.82. The zero-order valence-electron chi connectivity index (χ0n) is 16.7. The van der Waals surface area contributed by atoms with Crippen LogP contribution in [0.1, 0.15) is 53.1 Å². The van der Waals surface area contributed by atoms with Crippen LogP contribution in [0, 0.1) is 6.92 Å². The fourth-order valence-electron chi connectivity index (χ4n) is 4.64. The minimum Gasteiger partial charge on any atom is -0.349 e. The predicted molar refractivity (Wildman–Crippen MR) is 112 cm³/mol. The third-order valence-corrected chi connectivity index (χ3v) is 6.05. The summed E-state index contributed by atoms with van der Waals surface area (Å²) in [6, 6.07) is 10.8. The maximum Gasteiger partial charge on any atom is 0.260 e. The van der Waals surface area contributed by atoms with Gasteiger partial charge >= 0.3 is 0 Å². The summed E-state index contributed by atoms with van der Waals surface area (Å²) < 4.78 is 3.44. The average molecular weight is 377 g/mol. The second-order valence-corrected chi connectivity index (χ2v) is 8.04. The van der Waals surface area contributed by atoms with Crippen molar-refractivity contribution >= 4 is 16.8 Å². The van der Waals surface area contributed by atoms with Gasteiger partial charge in [-0.05, 0) is 49.7 Å². The molecule has 1 fully saturated rings. The van der Waals surface area contributed by atoms with Crippen LogP contribution < -0.4 is 10.9 Å². The van der Waals surface area contributed by atoms with Crippen LogP contribution in [0.25, 0.3) is 10.9 Å². The molecule has 3 aromatic rings. The molecule has 0 aliphatic heterocycles. The summed E-state index contributed by atoms with van der Waals surface area (Å²) in [7, 11) is 3.62. The molecule has 1 aliphatic rings. The van der Waals surface area contributed by atoms with Crippen molar-refractivity contribution in [3.8, 4) is 0 Å². The van der Waals surface area contributed by atoms with E-state index in [4.69, 9.17) is 0 Å². The summed E-state index contributed by atoms with van der Waals surface area (Å²) in [4.78, 5) is 25.7. The molecule has 0 radical (unpaired) electrons. The van der Waals surface area contributed by atoms with E-state index in [-0.39, 0.29) is 17.5 Å². The van der Waals surface area contributed by atoms with E-state index in [2.05, 4.69) is 29.6 Å². The number of amides is 1. The summed E-state index contributed by atoms with van der Waals surface area (Å²) in [6.45, 7) is 1.97. The number of carbonyl (C=O) groups excluding carboxylic acids is 1. The highest BCUT2D eigenvalue weighted by atomic mass is 16.2. The summed E-state index contributed by atoms with van der Waals surface area (Å²) in [6.07, 6.45) is 7.68. The summed E-state index contributed by atoms with van der Waals surface area (Å²) >= 11 is 0. The Morgan fingerprint density at radius 1 is 1.00 bits per heavy atom. The first-order chi connectivity index (χ1) is 13.5. The van der Waals surface area contributed by atoms with E-state index >= 15 is 0 Å². The Kier molecular flexibility index (Phi) is 4.84. The van der Waals surface area contributed by atoms with Crippen LogP contribution in [0.4, 0.5) is 0 Å². The fraction of sp³-hybridized carbons (Fsp3) is 0.391. The highest BCUT2D eigenvalue weighted by molar-refractivity contribution is 6.07. The van der Waals surface area contributed by atoms with Crippen molar-refractivity contribution in [1.82, 2.24) is 14.5 Å². The lowest BCUT2D eigenvalue weighted by Gasteiger charge is -2.29. The first-order valence-corrected chi connectivity index (χ1v) is 9.96. The SMILES string of the molecule is Cc1cn(C)c(=O)c2c(C(=O)NC3CCC(c4ccccc4)CC3)cn(C)c12. The Hall–Kier alpha value is -2.82. The molecule has 4 rings (SSSR count). The third kappa shape index (κ3) is 3.26. The van der Waals surface area contributed by atoms with Crippen LogP contribution in [0.15, 0.2) is 47.5 Å². The van der Waals surface area contributed by atoms with Gasteiger partial charge in [-0.1, -0.05) is 30.3 Å². The lowest BCUT2D eigenvalue weighted by Crippen LogP contribution is -2.37. The highest BCUT2D eigenvalue weighted by Gasteiger charge is 2.26. The Morgan fingerprint density at radius 3 is 2.36 bits per heavy atom. The largest absolute Gasteiger partial charge is 0.349 e. The number of nitrogens with one attached hydrogen (secondary N) is 1. The fourth-order valence-corrected chi connectivity index (χ4v) is 4.64. The van der Waals surface area contributed by atoms with Gasteiger partial charge in [0, 0.05) is 32.5 Å². The number of benzene rings is 1. The second kappa shape index (κ2) is 7.30. The molecule has 0 saturated heterocycles. The molecule has 5 nitrogen and oxygen atoms in total. The number of fused-ring (bicyclic) bond motifs is 1. The Morgan fingerprint density at radius 2 is 1.68 bits per heavy atom. The molecule has 2 heterocycles. The van der Waals surface area contributed by atoms with E-state index in [1.54, 1.807) is 17.8 Å². The number of hydrogen-bond acceptors (Lipinski definition) is 2. The number of aryl methyl sites for hydroxylation is 3. The summed E-state index contributed by atoms with van der Waals surface area (Å²) in [5, 5.41) is 3.69. The number of pyridine rings is 1. The maximum atomic E-state index is 13.0. The smallest absolute Gasteiger partial charge is 0.260 e. The van der Waals surface area contributed by atoms with Crippen molar-refractivity contribution in [2.45, 2.75) is 44.6 Å².